The van der Waals surface area contributed by atoms with Crippen molar-refractivity contribution in [3.63, 3.8) is 0 Å². The van der Waals surface area contributed by atoms with Crippen LogP contribution in [0.1, 0.15) is 36.9 Å². The van der Waals surface area contributed by atoms with Crippen LogP contribution < -0.4 is 0 Å². The third kappa shape index (κ3) is 1.86. The molecule has 82 valence electrons. The molecule has 1 heterocycles. The monoisotopic (exact) mass is 220 g/mol. The Hall–Kier alpha value is -1.40. The van der Waals surface area contributed by atoms with Crippen molar-refractivity contribution < 1.29 is 22.5 Å². The van der Waals surface area contributed by atoms with Gasteiger partial charge in [-0.25, -0.2) is 0 Å². The van der Waals surface area contributed by atoms with Crippen LogP contribution in [0.4, 0.5) is 13.2 Å². The second-order valence-corrected chi connectivity index (χ2v) is 3.37. The van der Waals surface area contributed by atoms with Crippen LogP contribution in [-0.2, 0) is 11.0 Å². The van der Waals surface area contributed by atoms with Gasteiger partial charge in [0.1, 0.15) is 5.78 Å². The van der Waals surface area contributed by atoms with Crippen LogP contribution in [0, 0.1) is 0 Å². The molecule has 1 aliphatic carbocycles. The van der Waals surface area contributed by atoms with E-state index < -0.39 is 17.9 Å². The van der Waals surface area contributed by atoms with Gasteiger partial charge in [0, 0.05) is 6.42 Å². The molecule has 1 aliphatic rings. The van der Waals surface area contributed by atoms with Crippen molar-refractivity contribution in [1.82, 2.24) is 10.1 Å². The lowest BCUT2D eigenvalue weighted by molar-refractivity contribution is -0.146. The SMILES string of the molecule is O=C1CCCC1c1nc(C(F)(F)F)no1. The normalized spacial score (nSPS) is 22.3. The van der Waals surface area contributed by atoms with Gasteiger partial charge in [0.2, 0.25) is 5.89 Å². The summed E-state index contributed by atoms with van der Waals surface area (Å²) in [6.07, 6.45) is -3.11. The van der Waals surface area contributed by atoms with Crippen molar-refractivity contribution >= 4 is 5.78 Å². The van der Waals surface area contributed by atoms with Crippen molar-refractivity contribution in [3.8, 4) is 0 Å². The molecule has 0 radical (unpaired) electrons. The first-order chi connectivity index (χ1) is 6.98. The summed E-state index contributed by atoms with van der Waals surface area (Å²) in [7, 11) is 0. The van der Waals surface area contributed by atoms with Crippen molar-refractivity contribution in [2.24, 2.45) is 0 Å². The van der Waals surface area contributed by atoms with Crippen LogP contribution in [0.15, 0.2) is 4.52 Å². The van der Waals surface area contributed by atoms with Gasteiger partial charge in [-0.05, 0) is 12.8 Å². The maximum atomic E-state index is 12.1. The smallest absolute Gasteiger partial charge is 0.338 e. The second-order valence-electron chi connectivity index (χ2n) is 3.37. The molecule has 2 rings (SSSR count). The number of halogens is 3. The first-order valence-corrected chi connectivity index (χ1v) is 4.42. The van der Waals surface area contributed by atoms with Crippen molar-refractivity contribution in [2.75, 3.05) is 0 Å². The van der Waals surface area contributed by atoms with E-state index in [9.17, 15) is 18.0 Å². The lowest BCUT2D eigenvalue weighted by atomic mass is 10.1. The topological polar surface area (TPSA) is 56.0 Å². The number of nitrogens with zero attached hydrogens (tertiary/aromatic N) is 2. The summed E-state index contributed by atoms with van der Waals surface area (Å²) in [6.45, 7) is 0. The molecule has 0 amide bonds. The maximum absolute atomic E-state index is 12.1. The lowest BCUT2D eigenvalue weighted by Crippen LogP contribution is -2.09. The minimum absolute atomic E-state index is 0.132. The van der Waals surface area contributed by atoms with E-state index in [1.54, 1.807) is 0 Å². The van der Waals surface area contributed by atoms with Gasteiger partial charge in [-0.15, -0.1) is 0 Å². The summed E-state index contributed by atoms with van der Waals surface area (Å²) in [5.41, 5.74) is 0. The molecule has 7 heteroatoms. The summed E-state index contributed by atoms with van der Waals surface area (Å²) in [6, 6.07) is 0. The van der Waals surface area contributed by atoms with Gasteiger partial charge in [0.15, 0.2) is 0 Å². The highest BCUT2D eigenvalue weighted by Crippen LogP contribution is 2.32. The highest BCUT2D eigenvalue weighted by atomic mass is 19.4. The molecule has 0 aliphatic heterocycles. The molecule has 0 bridgehead atoms. The Balaban J connectivity index is 2.24. The van der Waals surface area contributed by atoms with E-state index in [0.29, 0.717) is 19.3 Å². The van der Waals surface area contributed by atoms with E-state index in [1.165, 1.54) is 0 Å². The van der Waals surface area contributed by atoms with Crippen molar-refractivity contribution in [1.29, 1.82) is 0 Å². The standard InChI is InChI=1S/C8H7F3N2O2/c9-8(10,11)7-12-6(15-13-7)4-2-1-3-5(4)14/h4H,1-3H2. The number of carbonyl (C=O) groups is 1. The Bertz CT molecular complexity index is 385. The van der Waals surface area contributed by atoms with Crippen molar-refractivity contribution in [3.05, 3.63) is 11.7 Å². The predicted molar refractivity (Wildman–Crippen MR) is 40.9 cm³/mol. The quantitative estimate of drug-likeness (QED) is 0.725. The zero-order valence-corrected chi connectivity index (χ0v) is 7.54. The van der Waals surface area contributed by atoms with Crippen LogP contribution in [0.25, 0.3) is 0 Å². The largest absolute Gasteiger partial charge is 0.455 e. The minimum atomic E-state index is -4.62. The van der Waals surface area contributed by atoms with Crippen LogP contribution in [0.3, 0.4) is 0 Å². The summed E-state index contributed by atoms with van der Waals surface area (Å²) in [4.78, 5) is 14.4. The fourth-order valence-electron chi connectivity index (χ4n) is 1.57. The Morgan fingerprint density at radius 1 is 1.40 bits per heavy atom. The van der Waals surface area contributed by atoms with Gasteiger partial charge in [0.25, 0.3) is 5.82 Å². The molecule has 1 unspecified atom stereocenters. The van der Waals surface area contributed by atoms with Crippen LogP contribution in [0.5, 0.6) is 0 Å². The lowest BCUT2D eigenvalue weighted by Gasteiger charge is -1.99. The molecular weight excluding hydrogens is 213 g/mol. The van der Waals surface area contributed by atoms with E-state index in [-0.39, 0.29) is 11.7 Å². The molecule has 1 aromatic rings. The Morgan fingerprint density at radius 3 is 2.60 bits per heavy atom. The summed E-state index contributed by atoms with van der Waals surface area (Å²) < 4.78 is 40.8. The van der Waals surface area contributed by atoms with Gasteiger partial charge in [-0.1, -0.05) is 5.16 Å². The van der Waals surface area contributed by atoms with Crippen molar-refractivity contribution in [2.45, 2.75) is 31.4 Å². The van der Waals surface area contributed by atoms with Gasteiger partial charge in [-0.3, -0.25) is 4.79 Å². The Labute approximate surface area is 82.5 Å². The number of hydrogen-bond acceptors (Lipinski definition) is 4. The summed E-state index contributed by atoms with van der Waals surface area (Å²) in [5.74, 6) is -2.32. The molecule has 0 spiro atoms. The highest BCUT2D eigenvalue weighted by molar-refractivity contribution is 5.86. The van der Waals surface area contributed by atoms with E-state index in [2.05, 4.69) is 14.7 Å². The Morgan fingerprint density at radius 2 is 2.13 bits per heavy atom. The molecule has 1 atom stereocenters. The fraction of sp³-hybridized carbons (Fsp3) is 0.625. The molecule has 1 aromatic heterocycles. The molecule has 1 fully saturated rings. The predicted octanol–water partition coefficient (Wildman–Crippen LogP) is 1.92. The zero-order valence-electron chi connectivity index (χ0n) is 7.54. The summed E-state index contributed by atoms with van der Waals surface area (Å²) in [5, 5.41) is 2.80. The van der Waals surface area contributed by atoms with Gasteiger partial charge in [-0.2, -0.15) is 18.2 Å². The molecule has 15 heavy (non-hydrogen) atoms. The first-order valence-electron chi connectivity index (χ1n) is 4.42. The number of aromatic nitrogens is 2. The summed E-state index contributed by atoms with van der Waals surface area (Å²) >= 11 is 0. The van der Waals surface area contributed by atoms with Gasteiger partial charge >= 0.3 is 6.18 Å². The fourth-order valence-corrected chi connectivity index (χ4v) is 1.57. The number of Topliss-reactive ketones (excluding diaryl/α,β-unsaturated/α-hetero) is 1. The molecule has 0 aromatic carbocycles. The van der Waals surface area contributed by atoms with Crippen LogP contribution in [-0.4, -0.2) is 15.9 Å². The van der Waals surface area contributed by atoms with E-state index in [0.717, 1.165) is 0 Å². The minimum Gasteiger partial charge on any atom is -0.338 e. The van der Waals surface area contributed by atoms with E-state index in [4.69, 9.17) is 0 Å². The highest BCUT2D eigenvalue weighted by Gasteiger charge is 2.39. The van der Waals surface area contributed by atoms with Crippen LogP contribution in [0.2, 0.25) is 0 Å². The third-order valence-electron chi connectivity index (χ3n) is 2.30. The number of hydrogen-bond donors (Lipinski definition) is 0. The number of alkyl halides is 3. The average molecular weight is 220 g/mol. The zero-order chi connectivity index (χ0) is 11.1. The van der Waals surface area contributed by atoms with E-state index >= 15 is 0 Å². The molecule has 0 saturated heterocycles. The second kappa shape index (κ2) is 3.32. The van der Waals surface area contributed by atoms with E-state index in [1.807, 2.05) is 0 Å². The average Bonchev–Trinajstić information content (AvgIpc) is 2.69. The molecule has 0 N–H and O–H groups in total. The number of ketones is 1. The maximum Gasteiger partial charge on any atom is 0.455 e. The molecule has 4 nitrogen and oxygen atoms in total. The Kier molecular flexibility index (Phi) is 2.24. The van der Waals surface area contributed by atoms with Crippen LogP contribution >= 0.6 is 0 Å². The molecule has 1 saturated carbocycles. The number of rotatable bonds is 1. The molecular formula is C8H7F3N2O2. The third-order valence-corrected chi connectivity index (χ3v) is 2.30. The van der Waals surface area contributed by atoms with Gasteiger partial charge < -0.3 is 4.52 Å². The number of carbonyl (C=O) groups excluding carboxylic acids is 1. The first kappa shape index (κ1) is 10.1. The van der Waals surface area contributed by atoms with Gasteiger partial charge in [0.05, 0.1) is 5.92 Å².